The zero-order valence-corrected chi connectivity index (χ0v) is 31.1. The third kappa shape index (κ3) is 5.85. The van der Waals surface area contributed by atoms with Gasteiger partial charge in [0, 0.05) is 32.3 Å². The molecule has 0 bridgehead atoms. The molecule has 0 saturated heterocycles. The summed E-state index contributed by atoms with van der Waals surface area (Å²) in [6.45, 7) is 1.81. The predicted octanol–water partition coefficient (Wildman–Crippen LogP) is 7.37. The maximum Gasteiger partial charge on any atom is 0.261 e. The zero-order chi connectivity index (χ0) is 38.8. The smallest absolute Gasteiger partial charge is 0.261 e. The van der Waals surface area contributed by atoms with Gasteiger partial charge in [-0.05, 0) is 65.3 Å². The van der Waals surface area contributed by atoms with E-state index in [9.17, 15) is 32.4 Å². The first kappa shape index (κ1) is 35.5. The van der Waals surface area contributed by atoms with Gasteiger partial charge in [0.05, 0.1) is 49.9 Å². The number of sulfonamides is 1. The number of halogens is 1. The molecule has 11 nitrogen and oxygen atoms in total. The van der Waals surface area contributed by atoms with E-state index in [4.69, 9.17) is 5.84 Å². The number of nitrogens with two attached hydrogens (primary N) is 1. The van der Waals surface area contributed by atoms with Crippen LogP contribution in [0, 0.1) is 6.92 Å². The van der Waals surface area contributed by atoms with Crippen molar-refractivity contribution >= 4 is 77.7 Å². The summed E-state index contributed by atoms with van der Waals surface area (Å²) >= 11 is 3.48. The lowest BCUT2D eigenvalue weighted by Crippen LogP contribution is -2.34. The molecule has 0 aromatic heterocycles. The van der Waals surface area contributed by atoms with E-state index < -0.39 is 39.1 Å². The van der Waals surface area contributed by atoms with E-state index in [1.54, 1.807) is 60.7 Å². The fraction of sp³-hybridized carbons (Fsp3) is 0.0238. The minimum atomic E-state index is -4.26. The van der Waals surface area contributed by atoms with Crippen molar-refractivity contribution in [3.05, 3.63) is 181 Å². The SMILES string of the molecule is Cc1ccc(S(=O)(=O)Nc2cc(Br)c(N(N)c3cccc4c3C(=O)c3c(NC(=O)c5ccccc5)cccc3C4=O)c3c2C(=O)c2ccccc2C3=O)cc1. The summed E-state index contributed by atoms with van der Waals surface area (Å²) in [5.74, 6) is 3.98. The summed E-state index contributed by atoms with van der Waals surface area (Å²) in [6.07, 6.45) is 0. The topological polar surface area (TPSA) is 173 Å². The summed E-state index contributed by atoms with van der Waals surface area (Å²) in [6, 6.07) is 31.0. The summed E-state index contributed by atoms with van der Waals surface area (Å²) < 4.78 is 29.9. The van der Waals surface area contributed by atoms with Crippen molar-refractivity contribution in [2.75, 3.05) is 15.0 Å². The molecule has 6 aromatic carbocycles. The third-order valence-corrected chi connectivity index (χ3v) is 11.5. The molecule has 13 heteroatoms. The number of nitrogens with zero attached hydrogens (tertiary/aromatic N) is 1. The van der Waals surface area contributed by atoms with Gasteiger partial charge in [0.2, 0.25) is 0 Å². The molecule has 270 valence electrons. The maximum absolute atomic E-state index is 14.6. The monoisotopic (exact) mass is 810 g/mol. The molecule has 0 spiro atoms. The molecule has 0 heterocycles. The van der Waals surface area contributed by atoms with Crippen molar-refractivity contribution in [3.8, 4) is 0 Å². The van der Waals surface area contributed by atoms with Gasteiger partial charge < -0.3 is 5.32 Å². The Hall–Kier alpha value is -6.54. The van der Waals surface area contributed by atoms with E-state index in [1.165, 1.54) is 60.7 Å². The Kier molecular flexibility index (Phi) is 8.64. The van der Waals surface area contributed by atoms with Gasteiger partial charge in [0.25, 0.3) is 15.9 Å². The van der Waals surface area contributed by atoms with Gasteiger partial charge in [0.15, 0.2) is 23.1 Å². The van der Waals surface area contributed by atoms with Crippen molar-refractivity contribution in [2.24, 2.45) is 5.84 Å². The van der Waals surface area contributed by atoms with E-state index in [1.807, 2.05) is 6.92 Å². The molecule has 8 rings (SSSR count). The van der Waals surface area contributed by atoms with Gasteiger partial charge in [0.1, 0.15) is 0 Å². The normalized spacial score (nSPS) is 13.0. The molecule has 0 unspecified atom stereocenters. The molecule has 2 aliphatic rings. The number of aryl methyl sites for hydroxylation is 1. The van der Waals surface area contributed by atoms with Gasteiger partial charge in [-0.15, -0.1) is 0 Å². The van der Waals surface area contributed by atoms with Crippen LogP contribution in [0.25, 0.3) is 0 Å². The van der Waals surface area contributed by atoms with Gasteiger partial charge >= 0.3 is 0 Å². The number of hydrazine groups is 1. The Bertz CT molecular complexity index is 2800. The fourth-order valence-corrected chi connectivity index (χ4v) is 8.60. The van der Waals surface area contributed by atoms with Crippen molar-refractivity contribution < 1.29 is 32.4 Å². The van der Waals surface area contributed by atoms with E-state index in [0.717, 1.165) is 10.6 Å². The number of hydrogen-bond donors (Lipinski definition) is 3. The van der Waals surface area contributed by atoms with Gasteiger partial charge in [-0.2, -0.15) is 0 Å². The van der Waals surface area contributed by atoms with Gasteiger partial charge in [-0.25, -0.2) is 14.3 Å². The Balaban J connectivity index is 1.28. The average molecular weight is 812 g/mol. The number of carbonyl (C=O) groups is 5. The Morgan fingerprint density at radius 1 is 0.618 bits per heavy atom. The third-order valence-electron chi connectivity index (χ3n) is 9.53. The number of rotatable bonds is 7. The number of amides is 1. The Labute approximate surface area is 323 Å². The molecular weight excluding hydrogens is 784 g/mol. The zero-order valence-electron chi connectivity index (χ0n) is 28.7. The Morgan fingerprint density at radius 3 is 1.87 bits per heavy atom. The van der Waals surface area contributed by atoms with E-state index in [2.05, 4.69) is 26.0 Å². The number of anilines is 4. The summed E-state index contributed by atoms with van der Waals surface area (Å²) in [7, 11) is -4.26. The highest BCUT2D eigenvalue weighted by atomic mass is 79.9. The molecule has 0 atom stereocenters. The number of fused-ring (bicyclic) bond motifs is 4. The quantitative estimate of drug-likeness (QED) is 0.110. The molecule has 4 N–H and O–H groups in total. The van der Waals surface area contributed by atoms with E-state index in [-0.39, 0.29) is 76.6 Å². The first-order valence-electron chi connectivity index (χ1n) is 16.8. The molecule has 0 saturated carbocycles. The molecule has 1 amide bonds. The lowest BCUT2D eigenvalue weighted by Gasteiger charge is -2.31. The van der Waals surface area contributed by atoms with Crippen LogP contribution in [-0.2, 0) is 10.0 Å². The second-order valence-corrected chi connectivity index (χ2v) is 15.4. The van der Waals surface area contributed by atoms with Crippen molar-refractivity contribution in [1.29, 1.82) is 0 Å². The first-order chi connectivity index (χ1) is 26.4. The van der Waals surface area contributed by atoms with E-state index in [0.29, 0.717) is 5.56 Å². The lowest BCUT2D eigenvalue weighted by atomic mass is 9.81. The molecular formula is C42H27BrN4O7S. The van der Waals surface area contributed by atoms with Crippen LogP contribution in [0.5, 0.6) is 0 Å². The molecule has 2 aliphatic carbocycles. The summed E-state index contributed by atoms with van der Waals surface area (Å²) in [5, 5.41) is 3.78. The lowest BCUT2D eigenvalue weighted by molar-refractivity contribution is 0.0978. The summed E-state index contributed by atoms with van der Waals surface area (Å²) in [4.78, 5) is 70.4. The maximum atomic E-state index is 14.6. The van der Waals surface area contributed by atoms with Crippen LogP contribution in [0.2, 0.25) is 0 Å². The van der Waals surface area contributed by atoms with Gasteiger partial charge in [-0.3, -0.25) is 33.7 Å². The fourth-order valence-electron chi connectivity index (χ4n) is 6.92. The van der Waals surface area contributed by atoms with Crippen LogP contribution in [0.3, 0.4) is 0 Å². The highest BCUT2D eigenvalue weighted by Crippen LogP contribution is 2.46. The largest absolute Gasteiger partial charge is 0.321 e. The first-order valence-corrected chi connectivity index (χ1v) is 19.1. The molecule has 0 radical (unpaired) electrons. The highest BCUT2D eigenvalue weighted by Gasteiger charge is 2.40. The number of nitrogens with one attached hydrogen (secondary N) is 2. The van der Waals surface area contributed by atoms with Crippen LogP contribution in [0.4, 0.5) is 22.7 Å². The Morgan fingerprint density at radius 2 is 1.20 bits per heavy atom. The minimum absolute atomic E-state index is 0.000632. The van der Waals surface area contributed by atoms with Crippen LogP contribution in [0.1, 0.15) is 79.6 Å². The molecule has 55 heavy (non-hydrogen) atoms. The number of carbonyl (C=O) groups excluding carboxylic acids is 5. The molecule has 0 fully saturated rings. The van der Waals surface area contributed by atoms with E-state index >= 15 is 0 Å². The van der Waals surface area contributed by atoms with Crippen molar-refractivity contribution in [2.45, 2.75) is 11.8 Å². The van der Waals surface area contributed by atoms with Crippen LogP contribution in [-0.4, -0.2) is 37.5 Å². The number of benzene rings is 6. The van der Waals surface area contributed by atoms with Crippen LogP contribution >= 0.6 is 15.9 Å². The van der Waals surface area contributed by atoms with Crippen LogP contribution < -0.4 is 20.9 Å². The predicted molar refractivity (Wildman–Crippen MR) is 210 cm³/mol. The highest BCUT2D eigenvalue weighted by molar-refractivity contribution is 9.10. The molecule has 0 aliphatic heterocycles. The van der Waals surface area contributed by atoms with Crippen molar-refractivity contribution in [1.82, 2.24) is 0 Å². The van der Waals surface area contributed by atoms with Gasteiger partial charge in [-0.1, -0.05) is 84.4 Å². The average Bonchev–Trinajstić information content (AvgIpc) is 3.18. The molecule has 6 aromatic rings. The second-order valence-electron chi connectivity index (χ2n) is 12.9. The minimum Gasteiger partial charge on any atom is -0.321 e. The summed E-state index contributed by atoms with van der Waals surface area (Å²) in [5.41, 5.74) is 0.623. The standard InChI is InChI=1S/C42H27BrN4O7S/c1-22-17-19-24(20-18-22)55(53,54)46-31-21-29(43)37(36-35(31)39(49)25-11-5-6-12-26(25)40(36)50)47(44)32-16-8-14-28-34(32)41(51)33-27(38(28)48)13-7-15-30(33)45-42(52)23-9-3-2-4-10-23/h2-21,46H,44H2,1H3,(H,45,52). The van der Waals surface area contributed by atoms with Crippen molar-refractivity contribution in [3.63, 3.8) is 0 Å². The van der Waals surface area contributed by atoms with Crippen LogP contribution in [0.15, 0.2) is 131 Å². The second kappa shape index (κ2) is 13.4. The number of ketones is 4. The number of hydrogen-bond acceptors (Lipinski definition) is 9.